The molecule has 0 saturated heterocycles. The second-order valence-corrected chi connectivity index (χ2v) is 6.56. The van der Waals surface area contributed by atoms with Crippen molar-refractivity contribution < 1.29 is 18.7 Å². The van der Waals surface area contributed by atoms with Crippen LogP contribution in [0.1, 0.15) is 36.1 Å². The van der Waals surface area contributed by atoms with Gasteiger partial charge in [0.15, 0.2) is 5.69 Å². The summed E-state index contributed by atoms with van der Waals surface area (Å²) in [4.78, 5) is 25.6. The van der Waals surface area contributed by atoms with Gasteiger partial charge in [-0.15, -0.1) is 5.10 Å². The largest absolute Gasteiger partial charge is 0.467 e. The number of furan rings is 1. The van der Waals surface area contributed by atoms with Gasteiger partial charge in [0.1, 0.15) is 18.3 Å². The van der Waals surface area contributed by atoms with E-state index in [1.807, 2.05) is 13.8 Å². The molecular formula is C17H25N5O4. The van der Waals surface area contributed by atoms with Crippen molar-refractivity contribution in [1.82, 2.24) is 25.2 Å². The lowest BCUT2D eigenvalue weighted by molar-refractivity contribution is -0.129. The van der Waals surface area contributed by atoms with Gasteiger partial charge in [-0.3, -0.25) is 9.59 Å². The van der Waals surface area contributed by atoms with Gasteiger partial charge in [0.25, 0.3) is 5.91 Å². The van der Waals surface area contributed by atoms with Crippen LogP contribution in [-0.4, -0.2) is 59.0 Å². The zero-order valence-corrected chi connectivity index (χ0v) is 15.5. The topological polar surface area (TPSA) is 102 Å². The zero-order valence-electron chi connectivity index (χ0n) is 15.5. The van der Waals surface area contributed by atoms with Crippen molar-refractivity contribution >= 4 is 11.8 Å². The molecule has 0 aliphatic heterocycles. The van der Waals surface area contributed by atoms with Crippen LogP contribution >= 0.6 is 0 Å². The lowest BCUT2D eigenvalue weighted by Crippen LogP contribution is -2.32. The number of hydrogen-bond donors (Lipinski definition) is 1. The van der Waals surface area contributed by atoms with E-state index in [4.69, 9.17) is 9.15 Å². The molecule has 0 bridgehead atoms. The molecule has 2 aromatic rings. The number of carbonyl (C=O) groups is 2. The van der Waals surface area contributed by atoms with Crippen LogP contribution in [0.2, 0.25) is 0 Å². The van der Waals surface area contributed by atoms with Crippen molar-refractivity contribution in [3.8, 4) is 0 Å². The Bertz CT molecular complexity index is 709. The van der Waals surface area contributed by atoms with Gasteiger partial charge < -0.3 is 19.4 Å². The summed E-state index contributed by atoms with van der Waals surface area (Å²) in [6, 6.07) is 3.08. The molecule has 0 aliphatic carbocycles. The Balaban J connectivity index is 2.00. The van der Waals surface area contributed by atoms with Gasteiger partial charge in [0.05, 0.1) is 19.1 Å². The first-order valence-electron chi connectivity index (χ1n) is 8.39. The van der Waals surface area contributed by atoms with Crippen molar-refractivity contribution in [2.75, 3.05) is 27.3 Å². The minimum absolute atomic E-state index is 0.0202. The summed E-state index contributed by atoms with van der Waals surface area (Å²) in [7, 11) is 3.30. The van der Waals surface area contributed by atoms with E-state index in [1.54, 1.807) is 32.5 Å². The molecule has 2 heterocycles. The molecule has 26 heavy (non-hydrogen) atoms. The predicted octanol–water partition coefficient (Wildman–Crippen LogP) is 1.10. The average Bonchev–Trinajstić information content (AvgIpc) is 3.25. The van der Waals surface area contributed by atoms with Crippen LogP contribution in [-0.2, 0) is 16.1 Å². The van der Waals surface area contributed by atoms with Crippen LogP contribution in [0, 0.1) is 5.92 Å². The first-order valence-corrected chi connectivity index (χ1v) is 8.39. The van der Waals surface area contributed by atoms with Crippen molar-refractivity contribution in [3.63, 3.8) is 0 Å². The van der Waals surface area contributed by atoms with E-state index in [1.165, 1.54) is 15.8 Å². The van der Waals surface area contributed by atoms with E-state index < -0.39 is 11.9 Å². The van der Waals surface area contributed by atoms with Crippen molar-refractivity contribution in [2.24, 2.45) is 5.92 Å². The number of carbonyl (C=O) groups excluding carboxylic acids is 2. The molecule has 0 spiro atoms. The molecule has 142 valence electrons. The Morgan fingerprint density at radius 3 is 2.73 bits per heavy atom. The third-order valence-electron chi connectivity index (χ3n) is 3.50. The number of nitrogens with zero attached hydrogens (tertiary/aromatic N) is 4. The summed E-state index contributed by atoms with van der Waals surface area (Å²) in [5, 5.41) is 10.5. The average molecular weight is 363 g/mol. The smallest absolute Gasteiger partial charge is 0.274 e. The normalized spacial score (nSPS) is 12.2. The number of hydrogen-bond acceptors (Lipinski definition) is 6. The molecule has 2 aromatic heterocycles. The Kier molecular flexibility index (Phi) is 6.90. The van der Waals surface area contributed by atoms with Gasteiger partial charge in [-0.05, 0) is 18.1 Å². The van der Waals surface area contributed by atoms with Gasteiger partial charge in [-0.2, -0.15) is 0 Å². The Morgan fingerprint density at radius 1 is 1.35 bits per heavy atom. The Labute approximate surface area is 152 Å². The highest BCUT2D eigenvalue weighted by Gasteiger charge is 2.21. The fourth-order valence-corrected chi connectivity index (χ4v) is 2.10. The maximum Gasteiger partial charge on any atom is 0.274 e. The summed E-state index contributed by atoms with van der Waals surface area (Å²) in [5.74, 6) is 0.426. The summed E-state index contributed by atoms with van der Waals surface area (Å²) >= 11 is 0. The fraction of sp³-hybridized carbons (Fsp3) is 0.529. The number of likely N-dealkylation sites (N-methyl/N-ethyl adjacent to an activating group) is 1. The standard InChI is InChI=1S/C17H25N5O4/c1-12(2)10-25-11-14(15-6-5-7-26-15)18-17(24)13-8-22(20-19-13)9-16(23)21(3)4/h5-8,12,14H,9-11H2,1-4H3,(H,18,24)/t14-/m0/s1. The van der Waals surface area contributed by atoms with Gasteiger partial charge in [-0.25, -0.2) is 4.68 Å². The lowest BCUT2D eigenvalue weighted by Gasteiger charge is -2.17. The van der Waals surface area contributed by atoms with E-state index >= 15 is 0 Å². The zero-order chi connectivity index (χ0) is 19.1. The molecule has 0 unspecified atom stereocenters. The van der Waals surface area contributed by atoms with E-state index in [-0.39, 0.29) is 24.8 Å². The number of aromatic nitrogens is 3. The van der Waals surface area contributed by atoms with Gasteiger partial charge in [-0.1, -0.05) is 19.1 Å². The highest BCUT2D eigenvalue weighted by molar-refractivity contribution is 5.92. The monoisotopic (exact) mass is 363 g/mol. The van der Waals surface area contributed by atoms with Gasteiger partial charge >= 0.3 is 0 Å². The molecule has 2 amide bonds. The SMILES string of the molecule is CC(C)COC[C@H](NC(=O)c1cn(CC(=O)N(C)C)nn1)c1ccco1. The predicted molar refractivity (Wildman–Crippen MR) is 93.3 cm³/mol. The molecule has 1 atom stereocenters. The van der Waals surface area contributed by atoms with Crippen LogP contribution in [0.15, 0.2) is 29.0 Å². The highest BCUT2D eigenvalue weighted by atomic mass is 16.5. The van der Waals surface area contributed by atoms with E-state index in [2.05, 4.69) is 15.6 Å². The van der Waals surface area contributed by atoms with Crippen LogP contribution in [0.5, 0.6) is 0 Å². The lowest BCUT2D eigenvalue weighted by atomic mass is 10.2. The summed E-state index contributed by atoms with van der Waals surface area (Å²) in [6.07, 6.45) is 2.98. The minimum atomic E-state index is -0.440. The highest BCUT2D eigenvalue weighted by Crippen LogP contribution is 2.15. The first kappa shape index (κ1) is 19.6. The quantitative estimate of drug-likeness (QED) is 0.716. The van der Waals surface area contributed by atoms with E-state index in [0.29, 0.717) is 18.3 Å². The van der Waals surface area contributed by atoms with Crippen molar-refractivity contribution in [3.05, 3.63) is 36.0 Å². The van der Waals surface area contributed by atoms with Crippen LogP contribution in [0.25, 0.3) is 0 Å². The van der Waals surface area contributed by atoms with Crippen molar-refractivity contribution in [2.45, 2.75) is 26.4 Å². The molecule has 0 aromatic carbocycles. The number of rotatable bonds is 9. The maximum atomic E-state index is 12.5. The van der Waals surface area contributed by atoms with Gasteiger partial charge in [0.2, 0.25) is 5.91 Å². The Hall–Kier alpha value is -2.68. The Morgan fingerprint density at radius 2 is 2.12 bits per heavy atom. The molecule has 0 fully saturated rings. The maximum absolute atomic E-state index is 12.5. The first-order chi connectivity index (χ1) is 12.4. The van der Waals surface area contributed by atoms with Gasteiger partial charge in [0, 0.05) is 20.7 Å². The van der Waals surface area contributed by atoms with Crippen molar-refractivity contribution in [1.29, 1.82) is 0 Å². The van der Waals surface area contributed by atoms with Crippen LogP contribution in [0.4, 0.5) is 0 Å². The molecule has 9 heteroatoms. The molecule has 0 saturated carbocycles. The third-order valence-corrected chi connectivity index (χ3v) is 3.50. The number of amides is 2. The van der Waals surface area contributed by atoms with E-state index in [0.717, 1.165) is 0 Å². The summed E-state index contributed by atoms with van der Waals surface area (Å²) in [6.45, 7) is 4.98. The minimum Gasteiger partial charge on any atom is -0.467 e. The van der Waals surface area contributed by atoms with E-state index in [9.17, 15) is 9.59 Å². The molecule has 0 radical (unpaired) electrons. The molecular weight excluding hydrogens is 338 g/mol. The second kappa shape index (κ2) is 9.14. The van der Waals surface area contributed by atoms with Crippen LogP contribution < -0.4 is 5.32 Å². The third kappa shape index (κ3) is 5.69. The molecule has 9 nitrogen and oxygen atoms in total. The van der Waals surface area contributed by atoms with Crippen LogP contribution in [0.3, 0.4) is 0 Å². The molecule has 1 N–H and O–H groups in total. The number of ether oxygens (including phenoxy) is 1. The molecule has 2 rings (SSSR count). The summed E-state index contributed by atoms with van der Waals surface area (Å²) < 4.78 is 12.4. The number of nitrogens with one attached hydrogen (secondary N) is 1. The fourth-order valence-electron chi connectivity index (χ4n) is 2.10. The second-order valence-electron chi connectivity index (χ2n) is 6.56. The molecule has 0 aliphatic rings. The summed E-state index contributed by atoms with van der Waals surface area (Å²) in [5.41, 5.74) is 0.122.